The molecule has 36 heavy (non-hydrogen) atoms. The third kappa shape index (κ3) is 6.33. The number of pyridine rings is 1. The van der Waals surface area contributed by atoms with Crippen LogP contribution in [0.4, 0.5) is 4.79 Å². The second-order valence-electron chi connectivity index (χ2n) is 9.82. The minimum absolute atomic E-state index is 0.0429. The molecule has 1 amide bonds. The van der Waals surface area contributed by atoms with Gasteiger partial charge in [0, 0.05) is 19.6 Å². The number of aromatic amines is 1. The average Bonchev–Trinajstić information content (AvgIpc) is 3.18. The molecular weight excluding hydrogens is 474 g/mol. The molecule has 0 radical (unpaired) electrons. The van der Waals surface area contributed by atoms with Gasteiger partial charge in [0.15, 0.2) is 10.5 Å². The Hall–Kier alpha value is -3.17. The maximum absolute atomic E-state index is 12.7. The van der Waals surface area contributed by atoms with Crippen molar-refractivity contribution >= 4 is 18.3 Å². The zero-order valence-corrected chi connectivity index (χ0v) is 22.0. The van der Waals surface area contributed by atoms with Crippen LogP contribution < -0.4 is 4.74 Å². The number of imidazole rings is 1. The second-order valence-corrected chi connectivity index (χ2v) is 10.2. The van der Waals surface area contributed by atoms with E-state index in [1.54, 1.807) is 17.0 Å². The Labute approximate surface area is 217 Å². The summed E-state index contributed by atoms with van der Waals surface area (Å²) in [6, 6.07) is 13.9. The van der Waals surface area contributed by atoms with E-state index >= 15 is 0 Å². The molecule has 192 valence electrons. The van der Waals surface area contributed by atoms with Crippen LogP contribution in [0.15, 0.2) is 48.7 Å². The number of amides is 1. The van der Waals surface area contributed by atoms with E-state index in [-0.39, 0.29) is 17.9 Å². The van der Waals surface area contributed by atoms with Crippen molar-refractivity contribution in [2.45, 2.75) is 45.6 Å². The molecule has 0 saturated carbocycles. The van der Waals surface area contributed by atoms with Gasteiger partial charge >= 0.3 is 6.09 Å². The average molecular weight is 510 g/mol. The van der Waals surface area contributed by atoms with Gasteiger partial charge in [0.25, 0.3) is 0 Å². The number of benzene rings is 1. The summed E-state index contributed by atoms with van der Waals surface area (Å²) in [5.74, 6) is 1.56. The van der Waals surface area contributed by atoms with Crippen molar-refractivity contribution in [2.24, 2.45) is 5.92 Å². The molecule has 0 bridgehead atoms. The van der Waals surface area contributed by atoms with E-state index < -0.39 is 0 Å². The highest BCUT2D eigenvalue weighted by molar-refractivity contribution is 7.71. The first kappa shape index (κ1) is 25.9. The number of carbonyl (C=O) groups is 1. The first-order valence-corrected chi connectivity index (χ1v) is 12.9. The van der Waals surface area contributed by atoms with Crippen molar-refractivity contribution in [3.05, 3.63) is 64.7 Å². The molecule has 1 aromatic carbocycles. The smallest absolute Gasteiger partial charge is 0.415 e. The van der Waals surface area contributed by atoms with Crippen molar-refractivity contribution in [1.29, 1.82) is 0 Å². The van der Waals surface area contributed by atoms with Crippen LogP contribution in [0.1, 0.15) is 50.3 Å². The zero-order valence-electron chi connectivity index (χ0n) is 21.2. The van der Waals surface area contributed by atoms with Gasteiger partial charge < -0.3 is 24.6 Å². The number of aromatic nitrogens is 3. The number of hydrogen-bond donors (Lipinski definition) is 2. The lowest BCUT2D eigenvalue weighted by Gasteiger charge is -2.32. The monoisotopic (exact) mass is 509 g/mol. The molecule has 2 N–H and O–H groups in total. The second kappa shape index (κ2) is 11.7. The predicted octanol–water partition coefficient (Wildman–Crippen LogP) is 5.49. The van der Waals surface area contributed by atoms with E-state index in [4.69, 9.17) is 17.0 Å². The molecule has 0 atom stereocenters. The van der Waals surface area contributed by atoms with E-state index in [1.165, 1.54) is 16.3 Å². The molecule has 3 heterocycles. The van der Waals surface area contributed by atoms with Crippen molar-refractivity contribution in [1.82, 2.24) is 24.3 Å². The number of hydrogen-bond acceptors (Lipinski definition) is 6. The standard InChI is InChI=1S/C27H35N5O3S/c1-19(2)24-25(33)32(26(36)29-24)23-10-9-22(17-28-23)35-27(34)31-15-12-20(13-16-31)11-14-30(3)18-21-7-5-4-6-8-21/h4-10,17,19-20,33H,11-16,18H2,1-3H3,(H,29,36). The number of nitrogens with zero attached hydrogens (tertiary/aromatic N) is 4. The van der Waals surface area contributed by atoms with Gasteiger partial charge in [-0.2, -0.15) is 0 Å². The van der Waals surface area contributed by atoms with Crippen molar-refractivity contribution in [3.63, 3.8) is 0 Å². The molecule has 0 unspecified atom stereocenters. The third-order valence-electron chi connectivity index (χ3n) is 6.72. The molecule has 1 saturated heterocycles. The van der Waals surface area contributed by atoms with Gasteiger partial charge in [0.2, 0.25) is 5.88 Å². The molecule has 1 fully saturated rings. The van der Waals surface area contributed by atoms with Crippen molar-refractivity contribution < 1.29 is 14.6 Å². The number of carbonyl (C=O) groups excluding carboxylic acids is 1. The normalized spacial score (nSPS) is 14.5. The van der Waals surface area contributed by atoms with Gasteiger partial charge in [-0.15, -0.1) is 0 Å². The number of H-pyrrole nitrogens is 1. The van der Waals surface area contributed by atoms with E-state index in [9.17, 15) is 9.90 Å². The molecule has 1 aliphatic rings. The molecule has 8 nitrogen and oxygen atoms in total. The number of rotatable bonds is 8. The molecule has 0 spiro atoms. The van der Waals surface area contributed by atoms with Crippen LogP contribution in [0.5, 0.6) is 11.6 Å². The Bertz CT molecular complexity index is 1200. The summed E-state index contributed by atoms with van der Waals surface area (Å²) in [5, 5.41) is 10.5. The van der Waals surface area contributed by atoms with Gasteiger partial charge in [-0.3, -0.25) is 0 Å². The summed E-state index contributed by atoms with van der Waals surface area (Å²) >= 11 is 5.33. The quantitative estimate of drug-likeness (QED) is 0.391. The summed E-state index contributed by atoms with van der Waals surface area (Å²) in [4.78, 5) is 24.2. The summed E-state index contributed by atoms with van der Waals surface area (Å²) in [7, 11) is 2.16. The number of aromatic hydroxyl groups is 1. The number of likely N-dealkylation sites (tertiary alicyclic amines) is 1. The lowest BCUT2D eigenvalue weighted by molar-refractivity contribution is 0.126. The summed E-state index contributed by atoms with van der Waals surface area (Å²) in [5.41, 5.74) is 1.98. The molecule has 3 aromatic rings. The van der Waals surface area contributed by atoms with Gasteiger partial charge in [0.05, 0.1) is 11.9 Å². The lowest BCUT2D eigenvalue weighted by Crippen LogP contribution is -2.40. The highest BCUT2D eigenvalue weighted by atomic mass is 32.1. The molecule has 1 aliphatic heterocycles. The minimum atomic E-state index is -0.354. The Morgan fingerprint density at radius 2 is 1.94 bits per heavy atom. The third-order valence-corrected chi connectivity index (χ3v) is 7.00. The van der Waals surface area contributed by atoms with Gasteiger partial charge in [-0.25, -0.2) is 14.3 Å². The van der Waals surface area contributed by atoms with Crippen molar-refractivity contribution in [3.8, 4) is 17.4 Å². The Morgan fingerprint density at radius 1 is 1.22 bits per heavy atom. The van der Waals surface area contributed by atoms with Crippen LogP contribution in [-0.4, -0.2) is 62.2 Å². The predicted molar refractivity (Wildman–Crippen MR) is 142 cm³/mol. The largest absolute Gasteiger partial charge is 0.493 e. The highest BCUT2D eigenvalue weighted by Crippen LogP contribution is 2.28. The Kier molecular flexibility index (Phi) is 8.43. The van der Waals surface area contributed by atoms with Crippen molar-refractivity contribution in [2.75, 3.05) is 26.7 Å². The van der Waals surface area contributed by atoms with Gasteiger partial charge in [-0.05, 0) is 74.6 Å². The van der Waals surface area contributed by atoms with E-state index in [0.717, 1.165) is 32.4 Å². The number of ether oxygens (including phenoxy) is 1. The highest BCUT2D eigenvalue weighted by Gasteiger charge is 2.24. The van der Waals surface area contributed by atoms with Gasteiger partial charge in [-0.1, -0.05) is 44.2 Å². The fourth-order valence-electron chi connectivity index (χ4n) is 4.57. The van der Waals surface area contributed by atoms with E-state index in [1.807, 2.05) is 19.9 Å². The lowest BCUT2D eigenvalue weighted by atomic mass is 9.93. The van der Waals surface area contributed by atoms with E-state index in [0.29, 0.717) is 41.0 Å². The Balaban J connectivity index is 1.24. The van der Waals surface area contributed by atoms with Gasteiger partial charge in [0.1, 0.15) is 5.82 Å². The molecular formula is C27H35N5O3S. The fourth-order valence-corrected chi connectivity index (χ4v) is 4.86. The topological polar surface area (TPSA) is 86.6 Å². The number of nitrogens with one attached hydrogen (secondary N) is 1. The number of piperidine rings is 1. The summed E-state index contributed by atoms with van der Waals surface area (Å²) in [6.45, 7) is 7.32. The maximum atomic E-state index is 12.7. The zero-order chi connectivity index (χ0) is 25.7. The summed E-state index contributed by atoms with van der Waals surface area (Å²) < 4.78 is 7.39. The first-order chi connectivity index (χ1) is 17.3. The SMILES string of the molecule is CC(C)c1[nH]c(=S)n(-c2ccc(OC(=O)N3CCC(CCN(C)Cc4ccccc4)CC3)cn2)c1O. The van der Waals surface area contributed by atoms with Crippen LogP contribution in [0.3, 0.4) is 0 Å². The molecule has 4 rings (SSSR count). The first-order valence-electron chi connectivity index (χ1n) is 12.5. The van der Waals surface area contributed by atoms with Crippen LogP contribution in [0.2, 0.25) is 0 Å². The molecule has 2 aromatic heterocycles. The van der Waals surface area contributed by atoms with Crippen LogP contribution in [0.25, 0.3) is 5.82 Å². The van der Waals surface area contributed by atoms with Crippen LogP contribution in [-0.2, 0) is 6.54 Å². The fraction of sp³-hybridized carbons (Fsp3) is 0.444. The van der Waals surface area contributed by atoms with Crippen LogP contribution in [0, 0.1) is 10.7 Å². The molecule has 0 aliphatic carbocycles. The Morgan fingerprint density at radius 3 is 2.56 bits per heavy atom. The summed E-state index contributed by atoms with van der Waals surface area (Å²) in [6.07, 6.45) is 4.21. The maximum Gasteiger partial charge on any atom is 0.415 e. The molecule has 9 heteroatoms. The van der Waals surface area contributed by atoms with E-state index in [2.05, 4.69) is 46.2 Å². The van der Waals surface area contributed by atoms with Crippen LogP contribution >= 0.6 is 12.2 Å². The minimum Gasteiger partial charge on any atom is -0.493 e.